The van der Waals surface area contributed by atoms with Gasteiger partial charge in [-0.05, 0) is 42.7 Å². The van der Waals surface area contributed by atoms with Gasteiger partial charge in [0.2, 0.25) is 0 Å². The van der Waals surface area contributed by atoms with Gasteiger partial charge in [-0.1, -0.05) is 44.5 Å². The van der Waals surface area contributed by atoms with Gasteiger partial charge in [-0.15, -0.1) is 0 Å². The Hall–Kier alpha value is -1.84. The van der Waals surface area contributed by atoms with E-state index in [-0.39, 0.29) is 30.1 Å². The lowest BCUT2D eigenvalue weighted by Crippen LogP contribution is -2.29. The summed E-state index contributed by atoms with van der Waals surface area (Å²) in [5.41, 5.74) is 2.59. The molecule has 1 saturated carbocycles. The predicted molar refractivity (Wildman–Crippen MR) is 99.6 cm³/mol. The second kappa shape index (κ2) is 8.70. The Balaban J connectivity index is 1.45. The normalized spacial score (nSPS) is 23.9. The summed E-state index contributed by atoms with van der Waals surface area (Å²) in [6.07, 6.45) is 6.88. The molecule has 0 spiro atoms. The van der Waals surface area contributed by atoms with E-state index >= 15 is 0 Å². The Morgan fingerprint density at radius 2 is 1.77 bits per heavy atom. The van der Waals surface area contributed by atoms with Gasteiger partial charge in [-0.2, -0.15) is 0 Å². The lowest BCUT2D eigenvalue weighted by molar-refractivity contribution is -0.155. The molecule has 3 rings (SSSR count). The summed E-state index contributed by atoms with van der Waals surface area (Å²) in [6.45, 7) is 3.79. The number of fused-ring (bicyclic) bond motifs is 1. The van der Waals surface area contributed by atoms with E-state index in [2.05, 4.69) is 12.1 Å². The van der Waals surface area contributed by atoms with E-state index in [0.29, 0.717) is 12.3 Å². The number of esters is 2. The zero-order valence-electron chi connectivity index (χ0n) is 15.9. The van der Waals surface area contributed by atoms with E-state index < -0.39 is 0 Å². The van der Waals surface area contributed by atoms with E-state index in [1.54, 1.807) is 0 Å². The maximum Gasteiger partial charge on any atom is 0.308 e. The van der Waals surface area contributed by atoms with Crippen molar-refractivity contribution in [1.82, 2.24) is 0 Å². The Kier molecular flexibility index (Phi) is 6.33. The third-order valence-corrected chi connectivity index (χ3v) is 5.71. The summed E-state index contributed by atoms with van der Waals surface area (Å²) in [5, 5.41) is 0. The highest BCUT2D eigenvalue weighted by molar-refractivity contribution is 5.72. The van der Waals surface area contributed by atoms with Crippen LogP contribution >= 0.6 is 0 Å². The summed E-state index contributed by atoms with van der Waals surface area (Å²) >= 11 is 0. The first-order chi connectivity index (χ1) is 12.5. The van der Waals surface area contributed by atoms with Crippen molar-refractivity contribution in [1.29, 1.82) is 0 Å². The first-order valence-electron chi connectivity index (χ1n) is 10.0. The Morgan fingerprint density at radius 1 is 1.08 bits per heavy atom. The largest absolute Gasteiger partial charge is 0.462 e. The first kappa shape index (κ1) is 18.9. The number of hydrogen-bond acceptors (Lipinski definition) is 4. The SMILES string of the molecule is CCC(=O)OC1CCCC(CC(C)C(=O)OC2Cc3ccccc3C2)C1. The maximum absolute atomic E-state index is 12.5. The molecule has 0 amide bonds. The highest BCUT2D eigenvalue weighted by Crippen LogP contribution is 2.32. The molecular weight excluding hydrogens is 328 g/mol. The fourth-order valence-electron chi connectivity index (χ4n) is 4.31. The van der Waals surface area contributed by atoms with Gasteiger partial charge in [-0.3, -0.25) is 9.59 Å². The number of carbonyl (C=O) groups is 2. The first-order valence-corrected chi connectivity index (χ1v) is 10.0. The minimum absolute atomic E-state index is 0.0213. The molecule has 26 heavy (non-hydrogen) atoms. The van der Waals surface area contributed by atoms with Crippen LogP contribution in [0.25, 0.3) is 0 Å². The van der Waals surface area contributed by atoms with Crippen LogP contribution in [0.4, 0.5) is 0 Å². The van der Waals surface area contributed by atoms with Crippen molar-refractivity contribution in [2.24, 2.45) is 11.8 Å². The van der Waals surface area contributed by atoms with E-state index in [9.17, 15) is 9.59 Å². The molecule has 0 N–H and O–H groups in total. The Bertz CT molecular complexity index is 614. The molecule has 0 aliphatic heterocycles. The summed E-state index contributed by atoms with van der Waals surface area (Å²) in [7, 11) is 0. The molecule has 0 saturated heterocycles. The fourth-order valence-corrected chi connectivity index (χ4v) is 4.31. The standard InChI is InChI=1S/C22H30O4/c1-3-21(23)25-19-10-6-7-16(12-19)11-15(2)22(24)26-20-13-17-8-4-5-9-18(17)14-20/h4-5,8-9,15-16,19-20H,3,6-7,10-14H2,1-2H3. The molecule has 4 heteroatoms. The van der Waals surface area contributed by atoms with Crippen LogP contribution in [0.1, 0.15) is 63.5 Å². The molecule has 0 bridgehead atoms. The van der Waals surface area contributed by atoms with E-state index in [4.69, 9.17) is 9.47 Å². The molecule has 2 aliphatic carbocycles. The third-order valence-electron chi connectivity index (χ3n) is 5.71. The third kappa shape index (κ3) is 4.87. The van der Waals surface area contributed by atoms with Gasteiger partial charge in [-0.25, -0.2) is 0 Å². The fraction of sp³-hybridized carbons (Fsp3) is 0.636. The number of carbonyl (C=O) groups excluding carboxylic acids is 2. The average molecular weight is 358 g/mol. The molecule has 0 aromatic heterocycles. The molecule has 142 valence electrons. The zero-order valence-corrected chi connectivity index (χ0v) is 15.9. The van der Waals surface area contributed by atoms with Crippen molar-refractivity contribution in [3.8, 4) is 0 Å². The molecule has 1 aromatic rings. The number of rotatable bonds is 6. The Labute approximate surface area is 156 Å². The molecule has 0 heterocycles. The van der Waals surface area contributed by atoms with Gasteiger partial charge in [0.25, 0.3) is 0 Å². The summed E-state index contributed by atoms with van der Waals surface area (Å²) in [6, 6.07) is 8.31. The summed E-state index contributed by atoms with van der Waals surface area (Å²) < 4.78 is 11.3. The summed E-state index contributed by atoms with van der Waals surface area (Å²) in [4.78, 5) is 24.0. The lowest BCUT2D eigenvalue weighted by Gasteiger charge is -2.30. The van der Waals surface area contributed by atoms with Crippen LogP contribution in [0.2, 0.25) is 0 Å². The summed E-state index contributed by atoms with van der Waals surface area (Å²) in [5.74, 6) is 0.116. The van der Waals surface area contributed by atoms with Gasteiger partial charge in [0, 0.05) is 19.3 Å². The van der Waals surface area contributed by atoms with Gasteiger partial charge in [0.15, 0.2) is 0 Å². The average Bonchev–Trinajstić information content (AvgIpc) is 3.04. The van der Waals surface area contributed by atoms with Gasteiger partial charge in [0.1, 0.15) is 12.2 Å². The quantitative estimate of drug-likeness (QED) is 0.714. The lowest BCUT2D eigenvalue weighted by atomic mass is 9.81. The Morgan fingerprint density at radius 3 is 2.42 bits per heavy atom. The zero-order chi connectivity index (χ0) is 18.5. The number of benzene rings is 1. The van der Waals surface area contributed by atoms with Gasteiger partial charge < -0.3 is 9.47 Å². The van der Waals surface area contributed by atoms with Crippen molar-refractivity contribution >= 4 is 11.9 Å². The van der Waals surface area contributed by atoms with Gasteiger partial charge in [0.05, 0.1) is 5.92 Å². The smallest absolute Gasteiger partial charge is 0.308 e. The van der Waals surface area contributed by atoms with Crippen LogP contribution in [0.5, 0.6) is 0 Å². The topological polar surface area (TPSA) is 52.6 Å². The van der Waals surface area contributed by atoms with Crippen LogP contribution in [0, 0.1) is 11.8 Å². The predicted octanol–water partition coefficient (Wildman–Crippen LogP) is 4.24. The monoisotopic (exact) mass is 358 g/mol. The number of hydrogen-bond donors (Lipinski definition) is 0. The van der Waals surface area contributed by atoms with Crippen LogP contribution in [0.3, 0.4) is 0 Å². The van der Waals surface area contributed by atoms with Crippen molar-refractivity contribution < 1.29 is 19.1 Å². The van der Waals surface area contributed by atoms with Crippen LogP contribution in [-0.4, -0.2) is 24.1 Å². The van der Waals surface area contributed by atoms with E-state index in [0.717, 1.165) is 44.9 Å². The maximum atomic E-state index is 12.5. The highest BCUT2D eigenvalue weighted by Gasteiger charge is 2.30. The number of ether oxygens (including phenoxy) is 2. The van der Waals surface area contributed by atoms with Crippen LogP contribution in [-0.2, 0) is 31.9 Å². The molecule has 1 fully saturated rings. The van der Waals surface area contributed by atoms with Crippen molar-refractivity contribution in [3.63, 3.8) is 0 Å². The van der Waals surface area contributed by atoms with Crippen LogP contribution in [0.15, 0.2) is 24.3 Å². The molecule has 0 radical (unpaired) electrons. The molecule has 3 unspecified atom stereocenters. The molecular formula is C22H30O4. The molecule has 1 aromatic carbocycles. The second-order valence-corrected chi connectivity index (χ2v) is 7.87. The van der Waals surface area contributed by atoms with Crippen LogP contribution < -0.4 is 0 Å². The molecule has 4 nitrogen and oxygen atoms in total. The van der Waals surface area contributed by atoms with Gasteiger partial charge >= 0.3 is 11.9 Å². The second-order valence-electron chi connectivity index (χ2n) is 7.87. The molecule has 3 atom stereocenters. The minimum Gasteiger partial charge on any atom is -0.462 e. The van der Waals surface area contributed by atoms with Crippen molar-refractivity contribution in [2.45, 2.75) is 77.4 Å². The molecule has 2 aliphatic rings. The van der Waals surface area contributed by atoms with Crippen molar-refractivity contribution in [3.05, 3.63) is 35.4 Å². The highest BCUT2D eigenvalue weighted by atomic mass is 16.5. The van der Waals surface area contributed by atoms with E-state index in [1.165, 1.54) is 11.1 Å². The van der Waals surface area contributed by atoms with Crippen molar-refractivity contribution in [2.75, 3.05) is 0 Å². The van der Waals surface area contributed by atoms with E-state index in [1.807, 2.05) is 26.0 Å². The minimum atomic E-state index is -0.121.